The van der Waals surface area contributed by atoms with Crippen LogP contribution in [-0.2, 0) is 0 Å². The topological polar surface area (TPSA) is 12.0 Å². The molecule has 1 N–H and O–H groups in total. The number of hydrogen-bond acceptors (Lipinski definition) is 1. The minimum absolute atomic E-state index is 0.209. The highest BCUT2D eigenvalue weighted by Gasteiger charge is 2.16. The SMILES string of the molecule is F[C]1C=C=C(C2CCCCN2)C=C1. The summed E-state index contributed by atoms with van der Waals surface area (Å²) < 4.78 is 12.6. The van der Waals surface area contributed by atoms with Crippen molar-refractivity contribution in [1.29, 1.82) is 0 Å². The van der Waals surface area contributed by atoms with Gasteiger partial charge in [0.25, 0.3) is 0 Å². The monoisotopic (exact) mass is 178 g/mol. The molecule has 1 radical (unpaired) electrons. The van der Waals surface area contributed by atoms with Gasteiger partial charge in [0.2, 0.25) is 0 Å². The molecule has 0 bridgehead atoms. The zero-order valence-corrected chi connectivity index (χ0v) is 7.52. The molecule has 2 heteroatoms. The van der Waals surface area contributed by atoms with Gasteiger partial charge in [0, 0.05) is 17.7 Å². The molecule has 1 fully saturated rings. The standard InChI is InChI=1S/C11H13FN/c12-10-6-4-9(5-7-10)11-3-1-2-8-13-11/h4,6-7,11,13H,1-3,8H2. The van der Waals surface area contributed by atoms with Crippen LogP contribution in [0.1, 0.15) is 19.3 Å². The first-order valence-corrected chi connectivity index (χ1v) is 4.77. The first-order valence-electron chi connectivity index (χ1n) is 4.77. The average molecular weight is 178 g/mol. The van der Waals surface area contributed by atoms with Crippen LogP contribution in [0.15, 0.2) is 29.5 Å². The van der Waals surface area contributed by atoms with E-state index in [0.717, 1.165) is 18.5 Å². The smallest absolute Gasteiger partial charge is 0.196 e. The Balaban J connectivity index is 2.08. The molecular weight excluding hydrogens is 165 g/mol. The van der Waals surface area contributed by atoms with Gasteiger partial charge in [0.05, 0.1) is 0 Å². The summed E-state index contributed by atoms with van der Waals surface area (Å²) >= 11 is 0. The van der Waals surface area contributed by atoms with E-state index >= 15 is 0 Å². The highest BCUT2D eigenvalue weighted by atomic mass is 19.1. The highest BCUT2D eigenvalue weighted by Crippen LogP contribution is 2.19. The fourth-order valence-corrected chi connectivity index (χ4v) is 1.75. The van der Waals surface area contributed by atoms with Crippen LogP contribution in [0, 0.1) is 6.17 Å². The van der Waals surface area contributed by atoms with Crippen molar-refractivity contribution in [3.8, 4) is 0 Å². The number of nitrogens with one attached hydrogen (secondary N) is 1. The van der Waals surface area contributed by atoms with Gasteiger partial charge in [-0.05, 0) is 25.5 Å². The van der Waals surface area contributed by atoms with E-state index in [2.05, 4.69) is 11.0 Å². The predicted octanol–water partition coefficient (Wildman–Crippen LogP) is 2.28. The van der Waals surface area contributed by atoms with Gasteiger partial charge in [0.1, 0.15) is 0 Å². The summed E-state index contributed by atoms with van der Waals surface area (Å²) in [6.07, 6.45) is 8.16. The summed E-state index contributed by atoms with van der Waals surface area (Å²) in [5.74, 6) is 0. The summed E-state index contributed by atoms with van der Waals surface area (Å²) in [7, 11) is 0. The molecule has 2 aliphatic rings. The van der Waals surface area contributed by atoms with Crippen LogP contribution in [0.5, 0.6) is 0 Å². The molecule has 1 aliphatic heterocycles. The van der Waals surface area contributed by atoms with E-state index in [9.17, 15) is 4.39 Å². The zero-order chi connectivity index (χ0) is 9.10. The first kappa shape index (κ1) is 8.74. The van der Waals surface area contributed by atoms with Crippen LogP contribution < -0.4 is 5.32 Å². The summed E-state index contributed by atoms with van der Waals surface area (Å²) in [5, 5.41) is 3.40. The summed E-state index contributed by atoms with van der Waals surface area (Å²) in [6, 6.07) is 0.384. The number of piperidine rings is 1. The van der Waals surface area contributed by atoms with Gasteiger partial charge in [-0.2, -0.15) is 0 Å². The van der Waals surface area contributed by atoms with E-state index in [1.54, 1.807) is 0 Å². The molecule has 13 heavy (non-hydrogen) atoms. The molecule has 0 amide bonds. The van der Waals surface area contributed by atoms with E-state index in [-0.39, 0.29) is 6.17 Å². The maximum absolute atomic E-state index is 12.6. The number of hydrogen-bond donors (Lipinski definition) is 1. The maximum Gasteiger partial charge on any atom is 0.196 e. The lowest BCUT2D eigenvalue weighted by atomic mass is 9.96. The van der Waals surface area contributed by atoms with Crippen molar-refractivity contribution in [3.05, 3.63) is 35.7 Å². The van der Waals surface area contributed by atoms with Gasteiger partial charge in [0.15, 0.2) is 6.17 Å². The van der Waals surface area contributed by atoms with Crippen molar-refractivity contribution in [1.82, 2.24) is 5.32 Å². The van der Waals surface area contributed by atoms with Crippen molar-refractivity contribution >= 4 is 0 Å². The quantitative estimate of drug-likeness (QED) is 0.607. The zero-order valence-electron chi connectivity index (χ0n) is 7.52. The van der Waals surface area contributed by atoms with Gasteiger partial charge >= 0.3 is 0 Å². The second-order valence-corrected chi connectivity index (χ2v) is 3.46. The van der Waals surface area contributed by atoms with Crippen LogP contribution in [0.3, 0.4) is 0 Å². The molecule has 0 saturated carbocycles. The van der Waals surface area contributed by atoms with E-state index in [1.165, 1.54) is 25.0 Å². The van der Waals surface area contributed by atoms with Gasteiger partial charge < -0.3 is 5.32 Å². The van der Waals surface area contributed by atoms with E-state index in [4.69, 9.17) is 0 Å². The van der Waals surface area contributed by atoms with Crippen LogP contribution >= 0.6 is 0 Å². The molecule has 2 rings (SSSR count). The van der Waals surface area contributed by atoms with Gasteiger partial charge in [-0.25, -0.2) is 4.39 Å². The van der Waals surface area contributed by atoms with Crippen molar-refractivity contribution < 1.29 is 4.39 Å². The lowest BCUT2D eigenvalue weighted by Gasteiger charge is -2.24. The Morgan fingerprint density at radius 2 is 2.31 bits per heavy atom. The molecule has 0 aromatic heterocycles. The Morgan fingerprint density at radius 1 is 1.38 bits per heavy atom. The normalized spacial score (nSPS) is 29.0. The number of rotatable bonds is 1. The molecule has 1 saturated heterocycles. The second kappa shape index (κ2) is 3.91. The van der Waals surface area contributed by atoms with E-state index < -0.39 is 0 Å². The van der Waals surface area contributed by atoms with Crippen LogP contribution in [0.2, 0.25) is 0 Å². The average Bonchev–Trinajstić information content (AvgIpc) is 2.20. The van der Waals surface area contributed by atoms with Crippen molar-refractivity contribution in [3.63, 3.8) is 0 Å². The Bertz CT molecular complexity index is 268. The number of allylic oxidation sites excluding steroid dienone is 1. The number of halogens is 1. The van der Waals surface area contributed by atoms with E-state index in [1.807, 2.05) is 6.08 Å². The molecule has 0 spiro atoms. The van der Waals surface area contributed by atoms with E-state index in [0.29, 0.717) is 6.04 Å². The lowest BCUT2D eigenvalue weighted by Crippen LogP contribution is -2.35. The summed E-state index contributed by atoms with van der Waals surface area (Å²) in [5.41, 5.74) is 4.05. The maximum atomic E-state index is 12.6. The molecular formula is C11H13FN. The fraction of sp³-hybridized carbons (Fsp3) is 0.455. The minimum atomic E-state index is -0.209. The predicted molar refractivity (Wildman–Crippen MR) is 50.7 cm³/mol. The Labute approximate surface area is 78.0 Å². The fourth-order valence-electron chi connectivity index (χ4n) is 1.75. The van der Waals surface area contributed by atoms with Crippen molar-refractivity contribution in [2.75, 3.05) is 6.54 Å². The summed E-state index contributed by atoms with van der Waals surface area (Å²) in [6.45, 7) is 1.07. The van der Waals surface area contributed by atoms with Crippen molar-refractivity contribution in [2.45, 2.75) is 25.3 Å². The minimum Gasteiger partial charge on any atom is -0.309 e. The van der Waals surface area contributed by atoms with Crippen LogP contribution in [0.4, 0.5) is 4.39 Å². The second-order valence-electron chi connectivity index (χ2n) is 3.46. The Morgan fingerprint density at radius 3 is 2.92 bits per heavy atom. The van der Waals surface area contributed by atoms with Gasteiger partial charge in [-0.15, -0.1) is 5.73 Å². The Hall–Kier alpha value is -0.850. The Kier molecular flexibility index (Phi) is 2.62. The molecule has 69 valence electrons. The van der Waals surface area contributed by atoms with Gasteiger partial charge in [-0.1, -0.05) is 12.5 Å². The van der Waals surface area contributed by atoms with Gasteiger partial charge in [-0.3, -0.25) is 0 Å². The third-order valence-corrected chi connectivity index (χ3v) is 2.48. The molecule has 0 aromatic rings. The van der Waals surface area contributed by atoms with Crippen molar-refractivity contribution in [2.24, 2.45) is 0 Å². The highest BCUT2D eigenvalue weighted by molar-refractivity contribution is 5.35. The molecule has 1 unspecified atom stereocenters. The largest absolute Gasteiger partial charge is 0.309 e. The lowest BCUT2D eigenvalue weighted by molar-refractivity contribution is 0.444. The molecule has 0 aromatic carbocycles. The molecule has 1 aliphatic carbocycles. The summed E-state index contributed by atoms with van der Waals surface area (Å²) in [4.78, 5) is 0. The third-order valence-electron chi connectivity index (χ3n) is 2.48. The molecule has 1 nitrogen and oxygen atoms in total. The first-order chi connectivity index (χ1) is 6.36. The molecule has 1 heterocycles. The van der Waals surface area contributed by atoms with Crippen LogP contribution in [0.25, 0.3) is 0 Å². The molecule has 1 atom stereocenters. The third kappa shape index (κ3) is 2.09. The van der Waals surface area contributed by atoms with Crippen LogP contribution in [-0.4, -0.2) is 12.6 Å².